The summed E-state index contributed by atoms with van der Waals surface area (Å²) in [4.78, 5) is 23.3. The lowest BCUT2D eigenvalue weighted by Crippen LogP contribution is -2.10. The Kier molecular flexibility index (Phi) is 15.3. The molecule has 0 fully saturated rings. The Balaban J connectivity index is 2.17. The highest BCUT2D eigenvalue weighted by atomic mass is 16.6. The Hall–Kier alpha value is -2.04. The Morgan fingerprint density at radius 2 is 1.29 bits per heavy atom. The van der Waals surface area contributed by atoms with E-state index in [1.54, 1.807) is 18.2 Å². The molecule has 0 saturated carbocycles. The second-order valence-electron chi connectivity index (χ2n) is 8.16. The van der Waals surface area contributed by atoms with Crippen LogP contribution in [0.2, 0.25) is 0 Å². The molecule has 0 radical (unpaired) electrons. The minimum atomic E-state index is -0.509. The van der Waals surface area contributed by atoms with Crippen LogP contribution in [0, 0.1) is 0 Å². The molecule has 176 valence electrons. The van der Waals surface area contributed by atoms with E-state index in [-0.39, 0.29) is 17.1 Å². The number of esters is 2. The van der Waals surface area contributed by atoms with Gasteiger partial charge in [0.2, 0.25) is 0 Å². The van der Waals surface area contributed by atoms with Crippen LogP contribution in [0.3, 0.4) is 0 Å². The summed E-state index contributed by atoms with van der Waals surface area (Å²) in [5.41, 5.74) is 0.270. The fourth-order valence-corrected chi connectivity index (χ4v) is 3.64. The highest BCUT2D eigenvalue weighted by Gasteiger charge is 2.19. The predicted molar refractivity (Wildman–Crippen MR) is 125 cm³/mol. The van der Waals surface area contributed by atoms with Gasteiger partial charge < -0.3 is 14.2 Å². The molecule has 0 spiro atoms. The van der Waals surface area contributed by atoms with Crippen LogP contribution in [0.15, 0.2) is 18.2 Å². The Bertz CT molecular complexity index is 626. The van der Waals surface area contributed by atoms with Gasteiger partial charge in [-0.2, -0.15) is 0 Å². The van der Waals surface area contributed by atoms with Crippen molar-refractivity contribution in [3.63, 3.8) is 0 Å². The normalized spacial score (nSPS) is 10.7. The molecule has 0 aromatic heterocycles. The molecule has 0 bridgehead atoms. The number of carbonyl (C=O) groups is 2. The third-order valence-corrected chi connectivity index (χ3v) is 5.38. The lowest BCUT2D eigenvalue weighted by atomic mass is 10.0. The molecule has 0 amide bonds. The van der Waals surface area contributed by atoms with E-state index in [9.17, 15) is 9.59 Å². The summed E-state index contributed by atoms with van der Waals surface area (Å²) < 4.78 is 15.8. The van der Waals surface area contributed by atoms with E-state index in [0.717, 1.165) is 12.8 Å². The number of methoxy groups -OCH3 is 1. The largest absolute Gasteiger partial charge is 0.489 e. The minimum absolute atomic E-state index is 0.251. The first-order valence-corrected chi connectivity index (χ1v) is 12.1. The zero-order valence-electron chi connectivity index (χ0n) is 19.9. The summed E-state index contributed by atoms with van der Waals surface area (Å²) >= 11 is 0. The van der Waals surface area contributed by atoms with Crippen molar-refractivity contribution in [1.82, 2.24) is 0 Å². The number of para-hydroxylation sites is 1. The number of hydrogen-bond acceptors (Lipinski definition) is 5. The van der Waals surface area contributed by atoms with Gasteiger partial charge in [-0.25, -0.2) is 4.79 Å². The van der Waals surface area contributed by atoms with Crippen LogP contribution in [0.1, 0.15) is 114 Å². The fourth-order valence-electron chi connectivity index (χ4n) is 3.64. The molecule has 0 aliphatic rings. The highest BCUT2D eigenvalue weighted by molar-refractivity contribution is 5.93. The summed E-state index contributed by atoms with van der Waals surface area (Å²) in [5.74, 6) is -0.437. The van der Waals surface area contributed by atoms with Gasteiger partial charge in [-0.3, -0.25) is 4.79 Å². The smallest absolute Gasteiger partial charge is 0.341 e. The number of carbonyl (C=O) groups excluding carboxylic acids is 2. The number of rotatable bonds is 18. The summed E-state index contributed by atoms with van der Waals surface area (Å²) in [6.45, 7) is 4.06. The average molecular weight is 435 g/mol. The molecule has 0 saturated heterocycles. The predicted octanol–water partition coefficient (Wildman–Crippen LogP) is 7.26. The molecule has 31 heavy (non-hydrogen) atoms. The van der Waals surface area contributed by atoms with Crippen molar-refractivity contribution < 1.29 is 23.8 Å². The van der Waals surface area contributed by atoms with Crippen LogP contribution < -0.4 is 9.47 Å². The molecule has 0 aliphatic heterocycles. The van der Waals surface area contributed by atoms with E-state index in [0.29, 0.717) is 6.61 Å². The third-order valence-electron chi connectivity index (χ3n) is 5.38. The summed E-state index contributed by atoms with van der Waals surface area (Å²) in [5, 5.41) is 0. The van der Waals surface area contributed by atoms with Gasteiger partial charge in [-0.15, -0.1) is 0 Å². The van der Waals surface area contributed by atoms with E-state index in [2.05, 4.69) is 6.92 Å². The Morgan fingerprint density at radius 1 is 0.774 bits per heavy atom. The van der Waals surface area contributed by atoms with Crippen LogP contribution in [-0.4, -0.2) is 25.7 Å². The van der Waals surface area contributed by atoms with Gasteiger partial charge in [0, 0.05) is 6.92 Å². The van der Waals surface area contributed by atoms with Crippen molar-refractivity contribution >= 4 is 11.9 Å². The standard InChI is InChI=1S/C26H42O5/c1-4-5-6-7-8-9-10-11-12-13-14-15-16-17-21-30-25-23(26(28)29-3)19-18-20-24(25)31-22(2)27/h18-20H,4-17,21H2,1-3H3. The maximum atomic E-state index is 12.0. The first kappa shape index (κ1) is 27.0. The molecule has 5 nitrogen and oxygen atoms in total. The minimum Gasteiger partial charge on any atom is -0.489 e. The topological polar surface area (TPSA) is 61.8 Å². The Labute approximate surface area is 188 Å². The molecule has 1 aromatic carbocycles. The average Bonchev–Trinajstić information content (AvgIpc) is 2.76. The maximum absolute atomic E-state index is 12.0. The van der Waals surface area contributed by atoms with Gasteiger partial charge in [-0.1, -0.05) is 96.5 Å². The summed E-state index contributed by atoms with van der Waals surface area (Å²) in [6, 6.07) is 4.87. The van der Waals surface area contributed by atoms with Crippen LogP contribution in [0.5, 0.6) is 11.5 Å². The van der Waals surface area contributed by atoms with Crippen molar-refractivity contribution in [3.8, 4) is 11.5 Å². The van der Waals surface area contributed by atoms with Gasteiger partial charge in [-0.05, 0) is 18.6 Å². The first-order valence-electron chi connectivity index (χ1n) is 12.1. The molecule has 0 atom stereocenters. The van der Waals surface area contributed by atoms with E-state index in [4.69, 9.17) is 14.2 Å². The van der Waals surface area contributed by atoms with Gasteiger partial charge in [0.05, 0.1) is 13.7 Å². The van der Waals surface area contributed by atoms with E-state index >= 15 is 0 Å². The van der Waals surface area contributed by atoms with Gasteiger partial charge in [0.15, 0.2) is 11.5 Å². The number of benzene rings is 1. The van der Waals surface area contributed by atoms with Crippen LogP contribution in [0.4, 0.5) is 0 Å². The first-order chi connectivity index (χ1) is 15.1. The molecule has 1 aromatic rings. The van der Waals surface area contributed by atoms with Crippen molar-refractivity contribution in [3.05, 3.63) is 23.8 Å². The highest BCUT2D eigenvalue weighted by Crippen LogP contribution is 2.32. The van der Waals surface area contributed by atoms with Crippen LogP contribution in [-0.2, 0) is 9.53 Å². The van der Waals surface area contributed by atoms with Crippen molar-refractivity contribution in [2.45, 2.75) is 104 Å². The van der Waals surface area contributed by atoms with E-state index < -0.39 is 11.9 Å². The zero-order chi connectivity index (χ0) is 22.7. The molecule has 0 N–H and O–H groups in total. The summed E-state index contributed by atoms with van der Waals surface area (Å²) in [6.07, 6.45) is 18.1. The molecule has 0 unspecified atom stereocenters. The van der Waals surface area contributed by atoms with Crippen LogP contribution >= 0.6 is 0 Å². The van der Waals surface area contributed by atoms with E-state index in [1.807, 2.05) is 0 Å². The Morgan fingerprint density at radius 3 is 1.77 bits per heavy atom. The number of hydrogen-bond donors (Lipinski definition) is 0. The van der Waals surface area contributed by atoms with E-state index in [1.165, 1.54) is 91.1 Å². The fraction of sp³-hybridized carbons (Fsp3) is 0.692. The van der Waals surface area contributed by atoms with Gasteiger partial charge >= 0.3 is 11.9 Å². The SMILES string of the molecule is CCCCCCCCCCCCCCCCOc1c(OC(C)=O)cccc1C(=O)OC. The third kappa shape index (κ3) is 12.4. The molecular formula is C26H42O5. The van der Waals surface area contributed by atoms with Gasteiger partial charge in [0.25, 0.3) is 0 Å². The molecular weight excluding hydrogens is 392 g/mol. The molecule has 5 heteroatoms. The zero-order valence-corrected chi connectivity index (χ0v) is 19.9. The maximum Gasteiger partial charge on any atom is 0.341 e. The van der Waals surface area contributed by atoms with Crippen LogP contribution in [0.25, 0.3) is 0 Å². The summed E-state index contributed by atoms with van der Waals surface area (Å²) in [7, 11) is 1.32. The number of unbranched alkanes of at least 4 members (excludes halogenated alkanes) is 13. The second-order valence-corrected chi connectivity index (χ2v) is 8.16. The monoisotopic (exact) mass is 434 g/mol. The number of ether oxygens (including phenoxy) is 3. The van der Waals surface area contributed by atoms with Gasteiger partial charge in [0.1, 0.15) is 5.56 Å². The quantitative estimate of drug-likeness (QED) is 0.138. The molecule has 1 rings (SSSR count). The van der Waals surface area contributed by atoms with Crippen molar-refractivity contribution in [2.24, 2.45) is 0 Å². The van der Waals surface area contributed by atoms with Crippen molar-refractivity contribution in [1.29, 1.82) is 0 Å². The lowest BCUT2D eigenvalue weighted by Gasteiger charge is -2.14. The molecule has 0 heterocycles. The van der Waals surface area contributed by atoms with Crippen molar-refractivity contribution in [2.75, 3.05) is 13.7 Å². The lowest BCUT2D eigenvalue weighted by molar-refractivity contribution is -0.132. The second kappa shape index (κ2) is 17.6. The molecule has 0 aliphatic carbocycles.